The first kappa shape index (κ1) is 8.66. The maximum Gasteiger partial charge on any atom is 0.336 e. The molecule has 1 aliphatic heterocycles. The third kappa shape index (κ3) is 0.785. The lowest BCUT2D eigenvalue weighted by atomic mass is 9.53. The van der Waals surface area contributed by atoms with E-state index in [0.29, 0.717) is 12.5 Å². The molecule has 0 aromatic heterocycles. The third-order valence-electron chi connectivity index (χ3n) is 3.71. The van der Waals surface area contributed by atoms with Gasteiger partial charge in [0, 0.05) is 5.92 Å². The number of rotatable bonds is 1. The van der Waals surface area contributed by atoms with Gasteiger partial charge in [0.05, 0.1) is 13.7 Å². The molecule has 0 saturated heterocycles. The number of ether oxygens (including phenoxy) is 1. The van der Waals surface area contributed by atoms with Gasteiger partial charge in [0.15, 0.2) is 5.54 Å². The lowest BCUT2D eigenvalue weighted by Crippen LogP contribution is -2.63. The van der Waals surface area contributed by atoms with Crippen LogP contribution in [0.1, 0.15) is 13.8 Å². The lowest BCUT2D eigenvalue weighted by molar-refractivity contribution is -0.162. The van der Waals surface area contributed by atoms with Crippen molar-refractivity contribution in [1.82, 2.24) is 0 Å². The zero-order valence-corrected chi connectivity index (χ0v) is 8.15. The minimum Gasteiger partial charge on any atom is -0.467 e. The molecule has 2 rings (SSSR count). The molecule has 13 heavy (non-hydrogen) atoms. The summed E-state index contributed by atoms with van der Waals surface area (Å²) in [5.41, 5.74) is -0.631. The number of hydrogen-bond acceptors (Lipinski definition) is 4. The summed E-state index contributed by atoms with van der Waals surface area (Å²) in [4.78, 5) is 11.6. The Labute approximate surface area is 77.4 Å². The van der Waals surface area contributed by atoms with Gasteiger partial charge < -0.3 is 4.74 Å². The molecule has 4 atom stereocenters. The summed E-state index contributed by atoms with van der Waals surface area (Å²) in [6.45, 7) is 4.87. The van der Waals surface area contributed by atoms with Crippen LogP contribution < -0.4 is 0 Å². The minimum atomic E-state index is -0.631. The Balaban J connectivity index is 2.30. The molecule has 4 heteroatoms. The lowest BCUT2D eigenvalue weighted by Gasteiger charge is -2.50. The van der Waals surface area contributed by atoms with Crippen molar-refractivity contribution < 1.29 is 9.53 Å². The van der Waals surface area contributed by atoms with Gasteiger partial charge in [0.25, 0.3) is 0 Å². The number of carbonyl (C=O) groups excluding carboxylic acids is 1. The van der Waals surface area contributed by atoms with Gasteiger partial charge in [-0.1, -0.05) is 13.8 Å². The normalized spacial score (nSPS) is 46.8. The second-order valence-electron chi connectivity index (χ2n) is 4.00. The van der Waals surface area contributed by atoms with Crippen LogP contribution in [0.25, 0.3) is 0 Å². The zero-order chi connectivity index (χ0) is 9.64. The number of carbonyl (C=O) groups is 1. The molecule has 4 nitrogen and oxygen atoms in total. The van der Waals surface area contributed by atoms with Gasteiger partial charge >= 0.3 is 5.97 Å². The Bertz CT molecular complexity index is 277. The SMILES string of the molecule is COC(=O)[C@]12N=NC[C@H]1[C@H](C)[C@@H]2C. The molecule has 0 amide bonds. The Hall–Kier alpha value is -0.930. The van der Waals surface area contributed by atoms with Gasteiger partial charge in [0.1, 0.15) is 0 Å². The summed E-state index contributed by atoms with van der Waals surface area (Å²) in [7, 11) is 1.41. The van der Waals surface area contributed by atoms with Gasteiger partial charge in [-0.2, -0.15) is 10.2 Å². The highest BCUT2D eigenvalue weighted by molar-refractivity contribution is 5.84. The van der Waals surface area contributed by atoms with E-state index < -0.39 is 5.54 Å². The predicted octanol–water partition coefficient (Wildman–Crippen LogP) is 1.27. The largest absolute Gasteiger partial charge is 0.467 e. The summed E-state index contributed by atoms with van der Waals surface area (Å²) in [6, 6.07) is 0. The molecule has 1 aliphatic carbocycles. The van der Waals surface area contributed by atoms with Gasteiger partial charge in [-0.05, 0) is 11.8 Å². The molecule has 0 aromatic rings. The second-order valence-corrected chi connectivity index (χ2v) is 4.00. The van der Waals surface area contributed by atoms with Crippen molar-refractivity contribution in [2.45, 2.75) is 19.4 Å². The zero-order valence-electron chi connectivity index (χ0n) is 8.15. The highest BCUT2D eigenvalue weighted by atomic mass is 16.5. The van der Waals surface area contributed by atoms with Crippen LogP contribution >= 0.6 is 0 Å². The first-order valence-corrected chi connectivity index (χ1v) is 4.61. The molecule has 1 saturated carbocycles. The van der Waals surface area contributed by atoms with Crippen LogP contribution in [0.5, 0.6) is 0 Å². The molecular weight excluding hydrogens is 168 g/mol. The Morgan fingerprint density at radius 1 is 1.54 bits per heavy atom. The maximum atomic E-state index is 11.6. The van der Waals surface area contributed by atoms with Gasteiger partial charge in [-0.3, -0.25) is 0 Å². The Morgan fingerprint density at radius 2 is 2.23 bits per heavy atom. The van der Waals surface area contributed by atoms with E-state index in [-0.39, 0.29) is 17.8 Å². The standard InChI is InChI=1S/C9H14N2O2/c1-5-6(2)9(8(12)13-3)7(5)4-10-11-9/h5-7H,4H2,1-3H3/t5-,6+,7+,9-/m1/s1. The number of methoxy groups -OCH3 is 1. The van der Waals surface area contributed by atoms with E-state index >= 15 is 0 Å². The summed E-state index contributed by atoms with van der Waals surface area (Å²) < 4.78 is 4.78. The molecule has 0 bridgehead atoms. The quantitative estimate of drug-likeness (QED) is 0.573. The molecule has 1 fully saturated rings. The van der Waals surface area contributed by atoms with Crippen LogP contribution in [-0.4, -0.2) is 25.2 Å². The minimum absolute atomic E-state index is 0.218. The number of esters is 1. The average molecular weight is 182 g/mol. The van der Waals surface area contributed by atoms with Crippen molar-refractivity contribution in [1.29, 1.82) is 0 Å². The molecule has 2 aliphatic rings. The highest BCUT2D eigenvalue weighted by Crippen LogP contribution is 2.55. The van der Waals surface area contributed by atoms with Gasteiger partial charge in [-0.15, -0.1) is 0 Å². The summed E-state index contributed by atoms with van der Waals surface area (Å²) in [5.74, 6) is 0.838. The number of fused-ring (bicyclic) bond motifs is 1. The third-order valence-corrected chi connectivity index (χ3v) is 3.71. The molecule has 0 radical (unpaired) electrons. The number of hydrogen-bond donors (Lipinski definition) is 0. The predicted molar refractivity (Wildman–Crippen MR) is 46.3 cm³/mol. The van der Waals surface area contributed by atoms with E-state index in [0.717, 1.165) is 0 Å². The summed E-state index contributed by atoms with van der Waals surface area (Å²) >= 11 is 0. The maximum absolute atomic E-state index is 11.6. The van der Waals surface area contributed by atoms with E-state index in [1.165, 1.54) is 7.11 Å². The van der Waals surface area contributed by atoms with E-state index in [9.17, 15) is 4.79 Å². The van der Waals surface area contributed by atoms with E-state index in [1.54, 1.807) is 0 Å². The molecular formula is C9H14N2O2. The Morgan fingerprint density at radius 3 is 2.85 bits per heavy atom. The average Bonchev–Trinajstić information content (AvgIpc) is 2.56. The van der Waals surface area contributed by atoms with Crippen molar-refractivity contribution in [2.75, 3.05) is 13.7 Å². The van der Waals surface area contributed by atoms with Crippen LogP contribution in [0.4, 0.5) is 0 Å². The van der Waals surface area contributed by atoms with Crippen molar-refractivity contribution >= 4 is 5.97 Å². The van der Waals surface area contributed by atoms with Crippen molar-refractivity contribution in [3.63, 3.8) is 0 Å². The number of azo groups is 1. The number of nitrogens with zero attached hydrogens (tertiary/aromatic N) is 2. The fourth-order valence-corrected chi connectivity index (χ4v) is 2.63. The van der Waals surface area contributed by atoms with Crippen LogP contribution in [0.2, 0.25) is 0 Å². The van der Waals surface area contributed by atoms with Gasteiger partial charge in [-0.25, -0.2) is 4.79 Å². The van der Waals surface area contributed by atoms with Crippen molar-refractivity contribution in [3.8, 4) is 0 Å². The van der Waals surface area contributed by atoms with Crippen molar-refractivity contribution in [3.05, 3.63) is 0 Å². The topological polar surface area (TPSA) is 51.0 Å². The molecule has 0 spiro atoms. The fourth-order valence-electron chi connectivity index (χ4n) is 2.63. The van der Waals surface area contributed by atoms with Crippen molar-refractivity contribution in [2.24, 2.45) is 28.0 Å². The molecule has 1 heterocycles. The molecule has 0 aromatic carbocycles. The fraction of sp³-hybridized carbons (Fsp3) is 0.889. The van der Waals surface area contributed by atoms with E-state index in [2.05, 4.69) is 17.2 Å². The van der Waals surface area contributed by atoms with E-state index in [1.807, 2.05) is 6.92 Å². The van der Waals surface area contributed by atoms with Crippen LogP contribution in [-0.2, 0) is 9.53 Å². The molecule has 72 valence electrons. The smallest absolute Gasteiger partial charge is 0.336 e. The summed E-state index contributed by atoms with van der Waals surface area (Å²) in [5, 5.41) is 8.06. The van der Waals surface area contributed by atoms with E-state index in [4.69, 9.17) is 4.74 Å². The first-order chi connectivity index (χ1) is 6.14. The van der Waals surface area contributed by atoms with Crippen LogP contribution in [0, 0.1) is 17.8 Å². The van der Waals surface area contributed by atoms with Crippen LogP contribution in [0.15, 0.2) is 10.2 Å². The molecule has 0 unspecified atom stereocenters. The van der Waals surface area contributed by atoms with Gasteiger partial charge in [0.2, 0.25) is 0 Å². The first-order valence-electron chi connectivity index (χ1n) is 4.61. The monoisotopic (exact) mass is 182 g/mol. The highest BCUT2D eigenvalue weighted by Gasteiger charge is 2.66. The summed E-state index contributed by atoms with van der Waals surface area (Å²) in [6.07, 6.45) is 0. The molecule has 0 N–H and O–H groups in total. The second kappa shape index (κ2) is 2.53. The van der Waals surface area contributed by atoms with Crippen LogP contribution in [0.3, 0.4) is 0 Å². The Kier molecular flexibility index (Phi) is 1.68.